The minimum atomic E-state index is -3.46. The normalized spacial score (nSPS) is 11.8. The van der Waals surface area contributed by atoms with Crippen molar-refractivity contribution in [2.24, 2.45) is 0 Å². The third-order valence-corrected chi connectivity index (χ3v) is 5.48. The summed E-state index contributed by atoms with van der Waals surface area (Å²) in [6.07, 6.45) is 0. The monoisotopic (exact) mass is 276 g/mol. The van der Waals surface area contributed by atoms with Crippen molar-refractivity contribution in [3.05, 3.63) is 16.3 Å². The Hall–Kier alpha value is -0.920. The van der Waals surface area contributed by atoms with Crippen molar-refractivity contribution in [2.45, 2.75) is 18.7 Å². The molecule has 1 aromatic heterocycles. The molecular formula is C10H16N2O3S2. The molecule has 1 rings (SSSR count). The molecule has 0 saturated heterocycles. The largest absolute Gasteiger partial charge is 0.354 e. The van der Waals surface area contributed by atoms with Crippen molar-refractivity contribution in [3.63, 3.8) is 0 Å². The minimum absolute atomic E-state index is 0.185. The van der Waals surface area contributed by atoms with Gasteiger partial charge in [0.15, 0.2) is 0 Å². The Labute approximate surface area is 105 Å². The van der Waals surface area contributed by atoms with Crippen LogP contribution in [0.1, 0.15) is 23.5 Å². The predicted octanol–water partition coefficient (Wildman–Crippen LogP) is 1.14. The number of rotatable bonds is 5. The van der Waals surface area contributed by atoms with Crippen LogP contribution in [0.3, 0.4) is 0 Å². The van der Waals surface area contributed by atoms with Gasteiger partial charge in [-0.2, -0.15) is 4.31 Å². The van der Waals surface area contributed by atoms with Crippen LogP contribution >= 0.6 is 11.3 Å². The Morgan fingerprint density at radius 3 is 2.47 bits per heavy atom. The molecule has 17 heavy (non-hydrogen) atoms. The summed E-state index contributed by atoms with van der Waals surface area (Å²) in [7, 11) is -1.94. The van der Waals surface area contributed by atoms with Crippen molar-refractivity contribution in [3.8, 4) is 0 Å². The third-order valence-electron chi connectivity index (χ3n) is 2.37. The molecule has 0 radical (unpaired) electrons. The number of thiophene rings is 1. The molecule has 1 amide bonds. The first-order chi connectivity index (χ1) is 7.97. The minimum Gasteiger partial charge on any atom is -0.354 e. The summed E-state index contributed by atoms with van der Waals surface area (Å²) in [5.41, 5.74) is 0. The van der Waals surface area contributed by atoms with E-state index in [0.29, 0.717) is 18.0 Å². The number of carbonyl (C=O) groups excluding carboxylic acids is 1. The molecule has 1 heterocycles. The van der Waals surface area contributed by atoms with Gasteiger partial charge in [0.2, 0.25) is 10.0 Å². The average Bonchev–Trinajstić information content (AvgIpc) is 2.79. The molecule has 0 aliphatic rings. The van der Waals surface area contributed by atoms with Crippen molar-refractivity contribution in [1.82, 2.24) is 9.62 Å². The summed E-state index contributed by atoms with van der Waals surface area (Å²) in [5.74, 6) is -0.268. The summed E-state index contributed by atoms with van der Waals surface area (Å²) in [4.78, 5) is 11.9. The Bertz CT molecular complexity index is 489. The van der Waals surface area contributed by atoms with Crippen LogP contribution in [-0.4, -0.2) is 38.8 Å². The highest BCUT2D eigenvalue weighted by Crippen LogP contribution is 2.22. The van der Waals surface area contributed by atoms with Gasteiger partial charge in [-0.15, -0.1) is 11.3 Å². The zero-order chi connectivity index (χ0) is 13.1. The fraction of sp³-hybridized carbons (Fsp3) is 0.500. The number of sulfonamides is 1. The molecule has 96 valence electrons. The lowest BCUT2D eigenvalue weighted by atomic mass is 10.4. The summed E-state index contributed by atoms with van der Waals surface area (Å²) in [6.45, 7) is 4.41. The zero-order valence-corrected chi connectivity index (χ0v) is 11.7. The topological polar surface area (TPSA) is 66.5 Å². The van der Waals surface area contributed by atoms with Gasteiger partial charge in [-0.05, 0) is 6.07 Å². The van der Waals surface area contributed by atoms with E-state index in [9.17, 15) is 13.2 Å². The van der Waals surface area contributed by atoms with Crippen LogP contribution in [0, 0.1) is 0 Å². The number of nitrogens with zero attached hydrogens (tertiary/aromatic N) is 1. The zero-order valence-electron chi connectivity index (χ0n) is 10.1. The predicted molar refractivity (Wildman–Crippen MR) is 67.8 cm³/mol. The van der Waals surface area contributed by atoms with Gasteiger partial charge in [-0.1, -0.05) is 13.8 Å². The average molecular weight is 276 g/mol. The second kappa shape index (κ2) is 5.61. The van der Waals surface area contributed by atoms with Gasteiger partial charge in [0.1, 0.15) is 0 Å². The highest BCUT2D eigenvalue weighted by Gasteiger charge is 2.23. The van der Waals surface area contributed by atoms with E-state index in [2.05, 4.69) is 5.32 Å². The second-order valence-electron chi connectivity index (χ2n) is 3.32. The van der Waals surface area contributed by atoms with E-state index < -0.39 is 10.0 Å². The molecule has 1 aromatic rings. The van der Waals surface area contributed by atoms with E-state index in [1.54, 1.807) is 13.8 Å². The standard InChI is InChI=1S/C10H16N2O3S2/c1-4-12(5-2)17(14,15)8-6-9(16-7-8)10(13)11-3/h6-7H,4-5H2,1-3H3,(H,11,13). The van der Waals surface area contributed by atoms with E-state index >= 15 is 0 Å². The molecule has 0 fully saturated rings. The molecule has 5 nitrogen and oxygen atoms in total. The first-order valence-electron chi connectivity index (χ1n) is 5.28. The highest BCUT2D eigenvalue weighted by molar-refractivity contribution is 7.89. The van der Waals surface area contributed by atoms with Crippen LogP contribution in [0.5, 0.6) is 0 Å². The van der Waals surface area contributed by atoms with Crippen molar-refractivity contribution in [2.75, 3.05) is 20.1 Å². The summed E-state index contributed by atoms with van der Waals surface area (Å²) >= 11 is 1.13. The lowest BCUT2D eigenvalue weighted by Crippen LogP contribution is -2.30. The van der Waals surface area contributed by atoms with E-state index in [-0.39, 0.29) is 10.8 Å². The van der Waals surface area contributed by atoms with E-state index in [1.165, 1.54) is 22.8 Å². The maximum atomic E-state index is 12.1. The third kappa shape index (κ3) is 2.85. The second-order valence-corrected chi connectivity index (χ2v) is 6.16. The van der Waals surface area contributed by atoms with Gasteiger partial charge in [-0.3, -0.25) is 4.79 Å². The summed E-state index contributed by atoms with van der Waals surface area (Å²) in [6, 6.07) is 1.41. The van der Waals surface area contributed by atoms with Gasteiger partial charge < -0.3 is 5.32 Å². The summed E-state index contributed by atoms with van der Waals surface area (Å²) in [5, 5.41) is 3.96. The highest BCUT2D eigenvalue weighted by atomic mass is 32.2. The van der Waals surface area contributed by atoms with Gasteiger partial charge in [0, 0.05) is 25.5 Å². The van der Waals surface area contributed by atoms with Crippen molar-refractivity contribution in [1.29, 1.82) is 0 Å². The van der Waals surface area contributed by atoms with Gasteiger partial charge in [-0.25, -0.2) is 8.42 Å². The van der Waals surface area contributed by atoms with E-state index in [0.717, 1.165) is 11.3 Å². The van der Waals surface area contributed by atoms with E-state index in [4.69, 9.17) is 0 Å². The Balaban J connectivity index is 3.08. The molecule has 0 saturated carbocycles. The van der Waals surface area contributed by atoms with Gasteiger partial charge >= 0.3 is 0 Å². The van der Waals surface area contributed by atoms with Crippen LogP contribution < -0.4 is 5.32 Å². The lowest BCUT2D eigenvalue weighted by molar-refractivity contribution is 0.0967. The SMILES string of the molecule is CCN(CC)S(=O)(=O)c1csc(C(=O)NC)c1. The first-order valence-corrected chi connectivity index (χ1v) is 7.60. The number of amides is 1. The first kappa shape index (κ1) is 14.1. The van der Waals surface area contributed by atoms with Crippen LogP contribution in [0.25, 0.3) is 0 Å². The molecule has 7 heteroatoms. The van der Waals surface area contributed by atoms with Crippen LogP contribution in [0.15, 0.2) is 16.3 Å². The molecule has 0 spiro atoms. The fourth-order valence-electron chi connectivity index (χ4n) is 1.41. The Kier molecular flexibility index (Phi) is 4.67. The Morgan fingerprint density at radius 2 is 2.00 bits per heavy atom. The number of carbonyl (C=O) groups is 1. The van der Waals surface area contributed by atoms with Gasteiger partial charge in [0.25, 0.3) is 5.91 Å². The molecule has 0 bridgehead atoms. The smallest absolute Gasteiger partial charge is 0.261 e. The molecule has 0 atom stereocenters. The number of hydrogen-bond donors (Lipinski definition) is 1. The molecule has 0 aliphatic heterocycles. The van der Waals surface area contributed by atoms with Crippen molar-refractivity contribution < 1.29 is 13.2 Å². The molecule has 0 aromatic carbocycles. The fourth-order valence-corrected chi connectivity index (χ4v) is 4.07. The van der Waals surface area contributed by atoms with Gasteiger partial charge in [0.05, 0.1) is 9.77 Å². The summed E-state index contributed by atoms with van der Waals surface area (Å²) < 4.78 is 25.6. The number of nitrogens with one attached hydrogen (secondary N) is 1. The molecule has 0 aliphatic carbocycles. The maximum absolute atomic E-state index is 12.1. The van der Waals surface area contributed by atoms with Crippen molar-refractivity contribution >= 4 is 27.3 Å². The molecule has 0 unspecified atom stereocenters. The van der Waals surface area contributed by atoms with E-state index in [1.807, 2.05) is 0 Å². The molecular weight excluding hydrogens is 260 g/mol. The quantitative estimate of drug-likeness (QED) is 0.877. The Morgan fingerprint density at radius 1 is 1.41 bits per heavy atom. The lowest BCUT2D eigenvalue weighted by Gasteiger charge is -2.17. The maximum Gasteiger partial charge on any atom is 0.261 e. The van der Waals surface area contributed by atoms with Crippen LogP contribution in [-0.2, 0) is 10.0 Å². The van der Waals surface area contributed by atoms with Crippen LogP contribution in [0.4, 0.5) is 0 Å². The van der Waals surface area contributed by atoms with Crippen LogP contribution in [0.2, 0.25) is 0 Å². The number of hydrogen-bond acceptors (Lipinski definition) is 4. The molecule has 1 N–H and O–H groups in total.